The lowest BCUT2D eigenvalue weighted by molar-refractivity contribution is 0.0936. The fraction of sp³-hybridized carbons (Fsp3) is 0.267. The zero-order chi connectivity index (χ0) is 17.2. The predicted molar refractivity (Wildman–Crippen MR) is 86.2 cm³/mol. The largest absolute Gasteiger partial charge is 0.347 e. The van der Waals surface area contributed by atoms with Gasteiger partial charge in [-0.15, -0.1) is 0 Å². The molecule has 0 saturated carbocycles. The first-order valence-corrected chi connectivity index (χ1v) is 9.10. The second-order valence-electron chi connectivity index (χ2n) is 5.47. The maximum atomic E-state index is 13.6. The van der Waals surface area contributed by atoms with Crippen LogP contribution in [-0.2, 0) is 9.84 Å². The third-order valence-electron chi connectivity index (χ3n) is 3.60. The van der Waals surface area contributed by atoms with Crippen LogP contribution in [0, 0.1) is 5.82 Å². The van der Waals surface area contributed by atoms with Gasteiger partial charge in [0.1, 0.15) is 23.7 Å². The first-order valence-electron chi connectivity index (χ1n) is 7.28. The number of sulfone groups is 1. The van der Waals surface area contributed by atoms with E-state index in [1.807, 2.05) is 0 Å². The van der Waals surface area contributed by atoms with Gasteiger partial charge in [0.2, 0.25) is 0 Å². The van der Waals surface area contributed by atoms with Gasteiger partial charge in [0, 0.05) is 12.1 Å². The Bertz CT molecular complexity index is 873. The Morgan fingerprint density at radius 1 is 1.25 bits per heavy atom. The van der Waals surface area contributed by atoms with Crippen LogP contribution >= 0.6 is 0 Å². The number of nitrogens with zero attached hydrogens (tertiary/aromatic N) is 2. The van der Waals surface area contributed by atoms with E-state index in [1.54, 1.807) is 18.2 Å². The number of amides is 1. The Morgan fingerprint density at radius 3 is 2.75 bits per heavy atom. The van der Waals surface area contributed by atoms with E-state index in [0.717, 1.165) is 0 Å². The summed E-state index contributed by atoms with van der Waals surface area (Å²) in [7, 11) is -3.08. The molecule has 0 aliphatic carbocycles. The van der Waals surface area contributed by atoms with Crippen molar-refractivity contribution in [2.24, 2.45) is 0 Å². The molecule has 0 bridgehead atoms. The van der Waals surface area contributed by atoms with Crippen molar-refractivity contribution in [3.63, 3.8) is 0 Å². The summed E-state index contributed by atoms with van der Waals surface area (Å²) < 4.78 is 36.5. The Labute approximate surface area is 138 Å². The van der Waals surface area contributed by atoms with E-state index in [-0.39, 0.29) is 28.7 Å². The zero-order valence-corrected chi connectivity index (χ0v) is 13.4. The second kappa shape index (κ2) is 6.52. The van der Waals surface area contributed by atoms with Crippen LogP contribution in [0.1, 0.15) is 16.9 Å². The Kier molecular flexibility index (Phi) is 4.43. The van der Waals surface area contributed by atoms with Crippen molar-refractivity contribution in [3.05, 3.63) is 48.2 Å². The lowest BCUT2D eigenvalue weighted by atomic mass is 10.2. The van der Waals surface area contributed by atoms with Gasteiger partial charge >= 0.3 is 0 Å². The number of carbonyl (C=O) groups excluding carboxylic acids is 1. The van der Waals surface area contributed by atoms with Gasteiger partial charge in [-0.1, -0.05) is 12.1 Å². The molecule has 7 nitrogen and oxygen atoms in total. The van der Waals surface area contributed by atoms with Gasteiger partial charge in [0.05, 0.1) is 17.2 Å². The molecular formula is C15H15FN4O3S. The molecule has 2 aromatic rings. The predicted octanol–water partition coefficient (Wildman–Crippen LogP) is 1.28. The summed E-state index contributed by atoms with van der Waals surface area (Å²) in [6, 6.07) is 7.04. The van der Waals surface area contributed by atoms with E-state index >= 15 is 0 Å². The molecule has 2 heterocycles. The van der Waals surface area contributed by atoms with Gasteiger partial charge in [-0.05, 0) is 18.6 Å². The Hall–Kier alpha value is -2.55. The molecule has 1 fully saturated rings. The minimum absolute atomic E-state index is 0.0653. The standard InChI is InChI=1S/C15H15FN4O3S/c16-11-3-1-2-4-12(11)20-14-7-13(17-9-18-14)15(21)19-10-5-6-24(22,23)8-10/h1-4,7,9-10H,5-6,8H2,(H,19,21)(H,17,18,20). The van der Waals surface area contributed by atoms with Crippen LogP contribution in [0.3, 0.4) is 0 Å². The van der Waals surface area contributed by atoms with E-state index in [2.05, 4.69) is 20.6 Å². The molecule has 1 amide bonds. The fourth-order valence-electron chi connectivity index (χ4n) is 2.42. The smallest absolute Gasteiger partial charge is 0.270 e. The first-order chi connectivity index (χ1) is 11.4. The zero-order valence-electron chi connectivity index (χ0n) is 12.6. The van der Waals surface area contributed by atoms with Crippen LogP contribution in [-0.4, -0.2) is 41.8 Å². The normalized spacial score (nSPS) is 19.0. The first kappa shape index (κ1) is 16.3. The van der Waals surface area contributed by atoms with Crippen LogP contribution in [0.4, 0.5) is 15.9 Å². The lowest BCUT2D eigenvalue weighted by Crippen LogP contribution is -2.36. The summed E-state index contributed by atoms with van der Waals surface area (Å²) in [6.07, 6.45) is 1.57. The Balaban J connectivity index is 1.71. The maximum Gasteiger partial charge on any atom is 0.270 e. The maximum absolute atomic E-state index is 13.6. The molecule has 24 heavy (non-hydrogen) atoms. The van der Waals surface area contributed by atoms with E-state index in [4.69, 9.17) is 0 Å². The molecule has 1 unspecified atom stereocenters. The minimum atomic E-state index is -3.08. The third kappa shape index (κ3) is 3.85. The van der Waals surface area contributed by atoms with Crippen molar-refractivity contribution in [3.8, 4) is 0 Å². The van der Waals surface area contributed by atoms with Gasteiger partial charge in [0.15, 0.2) is 9.84 Å². The van der Waals surface area contributed by atoms with E-state index in [0.29, 0.717) is 6.42 Å². The molecular weight excluding hydrogens is 335 g/mol. The average molecular weight is 350 g/mol. The molecule has 9 heteroatoms. The molecule has 0 spiro atoms. The number of nitrogens with one attached hydrogen (secondary N) is 2. The van der Waals surface area contributed by atoms with Gasteiger partial charge in [-0.25, -0.2) is 22.8 Å². The number of benzene rings is 1. The molecule has 126 valence electrons. The van der Waals surface area contributed by atoms with Gasteiger partial charge in [0.25, 0.3) is 5.91 Å². The van der Waals surface area contributed by atoms with E-state index in [9.17, 15) is 17.6 Å². The van der Waals surface area contributed by atoms with Crippen molar-refractivity contribution in [2.45, 2.75) is 12.5 Å². The van der Waals surface area contributed by atoms with Gasteiger partial charge in [-0.3, -0.25) is 4.79 Å². The van der Waals surface area contributed by atoms with Crippen LogP contribution in [0.5, 0.6) is 0 Å². The van der Waals surface area contributed by atoms with Gasteiger partial charge in [-0.2, -0.15) is 0 Å². The monoisotopic (exact) mass is 350 g/mol. The van der Waals surface area contributed by atoms with Crippen molar-refractivity contribution in [1.29, 1.82) is 0 Å². The summed E-state index contributed by atoms with van der Waals surface area (Å²) in [5.74, 6) is -0.667. The van der Waals surface area contributed by atoms with Gasteiger partial charge < -0.3 is 10.6 Å². The van der Waals surface area contributed by atoms with Crippen molar-refractivity contribution < 1.29 is 17.6 Å². The molecule has 1 aliphatic heterocycles. The topological polar surface area (TPSA) is 101 Å². The van der Waals surface area contributed by atoms with Crippen LogP contribution in [0.15, 0.2) is 36.7 Å². The molecule has 3 rings (SSSR count). The number of halogens is 1. The number of hydrogen-bond donors (Lipinski definition) is 2. The molecule has 1 aliphatic rings. The molecule has 1 aromatic heterocycles. The highest BCUT2D eigenvalue weighted by Crippen LogP contribution is 2.18. The quantitative estimate of drug-likeness (QED) is 0.861. The van der Waals surface area contributed by atoms with Crippen LogP contribution in [0.2, 0.25) is 0 Å². The van der Waals surface area contributed by atoms with Crippen molar-refractivity contribution in [1.82, 2.24) is 15.3 Å². The third-order valence-corrected chi connectivity index (χ3v) is 5.37. The molecule has 1 saturated heterocycles. The Morgan fingerprint density at radius 2 is 2.04 bits per heavy atom. The highest BCUT2D eigenvalue weighted by molar-refractivity contribution is 7.91. The number of para-hydroxylation sites is 1. The second-order valence-corrected chi connectivity index (χ2v) is 7.70. The number of aromatic nitrogens is 2. The van der Waals surface area contributed by atoms with E-state index < -0.39 is 27.6 Å². The molecule has 1 atom stereocenters. The van der Waals surface area contributed by atoms with Crippen LogP contribution < -0.4 is 10.6 Å². The number of anilines is 2. The summed E-state index contributed by atoms with van der Waals surface area (Å²) in [6.45, 7) is 0. The number of rotatable bonds is 4. The summed E-state index contributed by atoms with van der Waals surface area (Å²) in [5, 5.41) is 5.42. The number of hydrogen-bond acceptors (Lipinski definition) is 6. The summed E-state index contributed by atoms with van der Waals surface area (Å²) >= 11 is 0. The van der Waals surface area contributed by atoms with E-state index in [1.165, 1.54) is 18.5 Å². The molecule has 1 aromatic carbocycles. The average Bonchev–Trinajstić information content (AvgIpc) is 2.88. The highest BCUT2D eigenvalue weighted by Gasteiger charge is 2.29. The number of carbonyl (C=O) groups is 1. The summed E-state index contributed by atoms with van der Waals surface area (Å²) in [4.78, 5) is 20.0. The van der Waals surface area contributed by atoms with Crippen LogP contribution in [0.25, 0.3) is 0 Å². The fourth-order valence-corrected chi connectivity index (χ4v) is 4.09. The van der Waals surface area contributed by atoms with Crippen molar-refractivity contribution in [2.75, 3.05) is 16.8 Å². The lowest BCUT2D eigenvalue weighted by Gasteiger charge is -2.11. The SMILES string of the molecule is O=C(NC1CCS(=O)(=O)C1)c1cc(Nc2ccccc2F)ncn1. The molecule has 0 radical (unpaired) electrons. The summed E-state index contributed by atoms with van der Waals surface area (Å²) in [5.41, 5.74) is 0.303. The van der Waals surface area contributed by atoms with Crippen molar-refractivity contribution >= 4 is 27.2 Å². The highest BCUT2D eigenvalue weighted by atomic mass is 32.2. The minimum Gasteiger partial charge on any atom is -0.347 e. The molecule has 2 N–H and O–H groups in total.